The third kappa shape index (κ3) is 4.82. The predicted molar refractivity (Wildman–Crippen MR) is 155 cm³/mol. The summed E-state index contributed by atoms with van der Waals surface area (Å²) in [5.74, 6) is -5.70. The number of carbonyl (C=O) groups is 2. The number of halogens is 3. The number of amides is 2. The molecule has 4 N–H and O–H groups in total. The Kier molecular flexibility index (Phi) is 7.14. The van der Waals surface area contributed by atoms with Gasteiger partial charge in [-0.2, -0.15) is 5.06 Å². The first-order valence-electron chi connectivity index (χ1n) is 14.7. The van der Waals surface area contributed by atoms with Crippen LogP contribution in [-0.2, 0) is 17.9 Å². The van der Waals surface area contributed by atoms with Crippen LogP contribution in [0.15, 0.2) is 47.4 Å². The Hall–Kier alpha value is -4.73. The minimum Gasteiger partial charge on any atom is -0.503 e. The number of H-pyrrole nitrogens is 1. The predicted octanol–water partition coefficient (Wildman–Crippen LogP) is 2.85. The molecule has 2 amide bonds. The molecule has 15 heteroatoms. The highest BCUT2D eigenvalue weighted by atomic mass is 19.1. The third-order valence-electron chi connectivity index (χ3n) is 9.18. The molecular weight excluding hydrogens is 609 g/mol. The number of imidazole rings is 1. The molecule has 240 valence electrons. The largest absolute Gasteiger partial charge is 0.503 e. The number of aromatic hydroxyl groups is 1. The van der Waals surface area contributed by atoms with Crippen molar-refractivity contribution in [1.82, 2.24) is 29.8 Å². The number of hydrogen-bond acceptors (Lipinski definition) is 8. The highest BCUT2D eigenvalue weighted by molar-refractivity contribution is 5.99. The van der Waals surface area contributed by atoms with Gasteiger partial charge >= 0.3 is 0 Å². The van der Waals surface area contributed by atoms with Crippen LogP contribution in [0.4, 0.5) is 13.2 Å². The van der Waals surface area contributed by atoms with Crippen molar-refractivity contribution in [2.24, 2.45) is 0 Å². The molecule has 3 aliphatic rings. The molecule has 7 rings (SSSR count). The van der Waals surface area contributed by atoms with Gasteiger partial charge in [0.05, 0.1) is 23.6 Å². The van der Waals surface area contributed by atoms with Gasteiger partial charge in [0.2, 0.25) is 5.43 Å². The number of nitrogens with one attached hydrogen (secondary N) is 2. The van der Waals surface area contributed by atoms with Gasteiger partial charge in [0.15, 0.2) is 11.4 Å². The van der Waals surface area contributed by atoms with E-state index in [1.54, 1.807) is 0 Å². The Morgan fingerprint density at radius 2 is 1.93 bits per heavy atom. The molecule has 1 spiro atoms. The van der Waals surface area contributed by atoms with Crippen LogP contribution in [0.5, 0.6) is 5.75 Å². The van der Waals surface area contributed by atoms with E-state index >= 15 is 0 Å². The van der Waals surface area contributed by atoms with E-state index < -0.39 is 76.0 Å². The summed E-state index contributed by atoms with van der Waals surface area (Å²) in [4.78, 5) is 55.8. The second-order valence-electron chi connectivity index (χ2n) is 12.0. The number of fused-ring (bicyclic) bond motifs is 6. The highest BCUT2D eigenvalue weighted by Gasteiger charge is 2.56. The summed E-state index contributed by atoms with van der Waals surface area (Å²) in [6.07, 6.45) is 1.01. The van der Waals surface area contributed by atoms with E-state index in [-0.39, 0.29) is 31.2 Å². The minimum atomic E-state index is -1.23. The van der Waals surface area contributed by atoms with Gasteiger partial charge in [-0.25, -0.2) is 18.2 Å². The molecule has 2 saturated heterocycles. The number of aliphatic hydroxyl groups is 1. The number of nitrogens with zero attached hydrogens (tertiary/aromatic N) is 4. The maximum Gasteiger partial charge on any atom is 0.274 e. The molecule has 0 aliphatic carbocycles. The number of benzene rings is 2. The second kappa shape index (κ2) is 11.0. The van der Waals surface area contributed by atoms with Crippen molar-refractivity contribution < 1.29 is 37.8 Å². The standard InChI is InChI=1S/C31H29F3N6O6/c1-15-6-7-31(10-25(41)40(46-31)14-24-36-21-4-2-3-5-22(21)37-24)23-13-38(15)30(45)26-28(43)27(42)18(12-39(23)26)29(44)35-11-17-19(33)8-16(32)9-20(17)34/h2-5,8-9,12,15,23,25,41,43H,6-7,10-11,13-14H2,1H3,(H,35,44)(H,36,37)/t15-,23?,25?,31-/m0/s1. The van der Waals surface area contributed by atoms with E-state index in [9.17, 15) is 37.8 Å². The smallest absolute Gasteiger partial charge is 0.274 e. The van der Waals surface area contributed by atoms with E-state index in [2.05, 4.69) is 15.3 Å². The average Bonchev–Trinajstić information content (AvgIpc) is 3.53. The number of carbonyl (C=O) groups excluding carboxylic acids is 2. The van der Waals surface area contributed by atoms with Crippen molar-refractivity contribution in [3.8, 4) is 5.75 Å². The molecule has 3 aliphatic heterocycles. The molecule has 5 heterocycles. The number of para-hydroxylation sites is 2. The summed E-state index contributed by atoms with van der Waals surface area (Å²) >= 11 is 0. The molecule has 2 fully saturated rings. The van der Waals surface area contributed by atoms with E-state index in [0.29, 0.717) is 30.8 Å². The van der Waals surface area contributed by atoms with Gasteiger partial charge in [0, 0.05) is 49.4 Å². The summed E-state index contributed by atoms with van der Waals surface area (Å²) < 4.78 is 43.0. The minimum absolute atomic E-state index is 0.0908. The lowest BCUT2D eigenvalue weighted by Crippen LogP contribution is -2.52. The van der Waals surface area contributed by atoms with Crippen LogP contribution in [0, 0.1) is 17.5 Å². The van der Waals surface area contributed by atoms with Crippen molar-refractivity contribution in [3.05, 3.63) is 92.9 Å². The Morgan fingerprint density at radius 3 is 2.67 bits per heavy atom. The average molecular weight is 639 g/mol. The first kappa shape index (κ1) is 30.0. The second-order valence-corrected chi connectivity index (χ2v) is 12.0. The summed E-state index contributed by atoms with van der Waals surface area (Å²) in [5, 5.41) is 25.9. The van der Waals surface area contributed by atoms with Gasteiger partial charge in [-0.1, -0.05) is 12.1 Å². The molecule has 0 saturated carbocycles. The number of pyridine rings is 1. The summed E-state index contributed by atoms with van der Waals surface area (Å²) in [6, 6.07) is 7.31. The number of rotatable bonds is 5. The number of aliphatic hydroxyl groups excluding tert-OH is 1. The van der Waals surface area contributed by atoms with E-state index in [1.807, 2.05) is 31.2 Å². The van der Waals surface area contributed by atoms with Crippen LogP contribution < -0.4 is 10.7 Å². The zero-order valence-corrected chi connectivity index (χ0v) is 24.5. The molecule has 4 aromatic rings. The number of hydrogen-bond donors (Lipinski definition) is 4. The van der Waals surface area contributed by atoms with Crippen LogP contribution in [0.25, 0.3) is 11.0 Å². The Balaban J connectivity index is 1.23. The Labute approximate surface area is 259 Å². The van der Waals surface area contributed by atoms with Crippen molar-refractivity contribution >= 4 is 22.8 Å². The monoisotopic (exact) mass is 638 g/mol. The van der Waals surface area contributed by atoms with Crippen molar-refractivity contribution in [2.45, 2.75) is 63.2 Å². The third-order valence-corrected chi connectivity index (χ3v) is 9.18. The Bertz CT molecular complexity index is 1910. The molecule has 2 bridgehead atoms. The van der Waals surface area contributed by atoms with Crippen LogP contribution in [0.3, 0.4) is 0 Å². The number of hydroxylamine groups is 2. The van der Waals surface area contributed by atoms with E-state index in [4.69, 9.17) is 4.84 Å². The quantitative estimate of drug-likeness (QED) is 0.261. The van der Waals surface area contributed by atoms with Crippen LogP contribution in [0.1, 0.15) is 64.5 Å². The van der Waals surface area contributed by atoms with E-state index in [1.165, 1.54) is 14.5 Å². The molecule has 12 nitrogen and oxygen atoms in total. The summed E-state index contributed by atoms with van der Waals surface area (Å²) in [6.45, 7) is 1.32. The van der Waals surface area contributed by atoms with E-state index in [0.717, 1.165) is 17.2 Å². The Morgan fingerprint density at radius 1 is 1.20 bits per heavy atom. The maximum absolute atomic E-state index is 14.2. The molecular formula is C31H29F3N6O6. The topological polar surface area (TPSA) is 153 Å². The lowest BCUT2D eigenvalue weighted by molar-refractivity contribution is -0.249. The normalized spacial score (nSPS) is 24.4. The van der Waals surface area contributed by atoms with Crippen molar-refractivity contribution in [1.29, 1.82) is 0 Å². The fourth-order valence-electron chi connectivity index (χ4n) is 6.77. The van der Waals surface area contributed by atoms with Crippen LogP contribution >= 0.6 is 0 Å². The highest BCUT2D eigenvalue weighted by Crippen LogP contribution is 2.48. The van der Waals surface area contributed by atoms with Crippen LogP contribution in [-0.4, -0.2) is 70.9 Å². The molecule has 0 radical (unpaired) electrons. The zero-order valence-electron chi connectivity index (χ0n) is 24.5. The SMILES string of the molecule is C[C@H]1CC[C@]2(CC(O)N(Cc3nc4ccccc4[nH]3)O2)C2CN1C(=O)c1c(O)c(=O)c(C(=O)NCc3c(F)cc(F)cc3F)cn12. The summed E-state index contributed by atoms with van der Waals surface area (Å²) in [7, 11) is 0. The first-order chi connectivity index (χ1) is 22.0. The fourth-order valence-corrected chi connectivity index (χ4v) is 6.77. The molecule has 2 aromatic heterocycles. The summed E-state index contributed by atoms with van der Waals surface area (Å²) in [5.41, 5.74) is -2.27. The van der Waals surface area contributed by atoms with Gasteiger partial charge in [0.25, 0.3) is 11.8 Å². The number of aromatic amines is 1. The van der Waals surface area contributed by atoms with Crippen molar-refractivity contribution in [2.75, 3.05) is 6.54 Å². The molecule has 2 aromatic carbocycles. The fraction of sp³-hybridized carbons (Fsp3) is 0.355. The van der Waals surface area contributed by atoms with Gasteiger partial charge in [-0.15, -0.1) is 0 Å². The van der Waals surface area contributed by atoms with Crippen molar-refractivity contribution in [3.63, 3.8) is 0 Å². The molecule has 4 atom stereocenters. The van der Waals surface area contributed by atoms with Gasteiger partial charge < -0.3 is 30.0 Å². The zero-order chi connectivity index (χ0) is 32.5. The lowest BCUT2D eigenvalue weighted by Gasteiger charge is -2.42. The maximum atomic E-state index is 14.2. The first-order valence-corrected chi connectivity index (χ1v) is 14.7. The van der Waals surface area contributed by atoms with Gasteiger partial charge in [-0.3, -0.25) is 19.2 Å². The van der Waals surface area contributed by atoms with Crippen LogP contribution in [0.2, 0.25) is 0 Å². The molecule has 46 heavy (non-hydrogen) atoms. The lowest BCUT2D eigenvalue weighted by atomic mass is 9.85. The van der Waals surface area contributed by atoms with Gasteiger partial charge in [0.1, 0.15) is 40.7 Å². The molecule has 2 unspecified atom stereocenters. The van der Waals surface area contributed by atoms with Gasteiger partial charge in [-0.05, 0) is 31.9 Å². The number of aromatic nitrogens is 3.